The SMILES string of the molecule is Cc1ccccc1C(=O)N=Nc1cc(NS(=O)(=O)c2ccc(Br)cc2)c2ccccc2c1O. The molecular weight excluding hydrogens is 506 g/mol. The minimum atomic E-state index is -3.92. The maximum absolute atomic E-state index is 12.9. The molecule has 0 unspecified atom stereocenters. The van der Waals surface area contributed by atoms with E-state index in [0.29, 0.717) is 16.3 Å². The zero-order valence-electron chi connectivity index (χ0n) is 17.4. The van der Waals surface area contributed by atoms with E-state index in [2.05, 4.69) is 30.9 Å². The first-order valence-corrected chi connectivity index (χ1v) is 12.1. The number of sulfonamides is 1. The molecule has 166 valence electrons. The van der Waals surface area contributed by atoms with Gasteiger partial charge in [-0.15, -0.1) is 10.2 Å². The highest BCUT2D eigenvalue weighted by Gasteiger charge is 2.19. The van der Waals surface area contributed by atoms with Crippen molar-refractivity contribution in [3.05, 3.63) is 94.5 Å². The number of phenols is 1. The molecule has 0 fully saturated rings. The van der Waals surface area contributed by atoms with Crippen molar-refractivity contribution in [1.29, 1.82) is 0 Å². The molecule has 0 bridgehead atoms. The third kappa shape index (κ3) is 4.79. The minimum absolute atomic E-state index is 0.0378. The predicted molar refractivity (Wildman–Crippen MR) is 131 cm³/mol. The van der Waals surface area contributed by atoms with E-state index in [1.165, 1.54) is 18.2 Å². The van der Waals surface area contributed by atoms with Gasteiger partial charge < -0.3 is 5.11 Å². The van der Waals surface area contributed by atoms with E-state index in [4.69, 9.17) is 0 Å². The summed E-state index contributed by atoms with van der Waals surface area (Å²) in [6, 6.07) is 21.2. The Bertz CT molecular complexity index is 1500. The van der Waals surface area contributed by atoms with Crippen LogP contribution in [0.3, 0.4) is 0 Å². The highest BCUT2D eigenvalue weighted by molar-refractivity contribution is 9.10. The maximum atomic E-state index is 12.9. The van der Waals surface area contributed by atoms with Crippen LogP contribution in [0.2, 0.25) is 0 Å². The number of hydrogen-bond acceptors (Lipinski definition) is 5. The number of carbonyl (C=O) groups is 1. The van der Waals surface area contributed by atoms with Crippen molar-refractivity contribution in [3.8, 4) is 5.75 Å². The molecule has 4 aromatic carbocycles. The molecule has 0 saturated carbocycles. The molecule has 0 aliphatic carbocycles. The number of nitrogens with zero attached hydrogens (tertiary/aromatic N) is 2. The number of hydrogen-bond donors (Lipinski definition) is 2. The first-order valence-electron chi connectivity index (χ1n) is 9.81. The predicted octanol–water partition coefficient (Wildman–Crippen LogP) is 6.34. The van der Waals surface area contributed by atoms with Crippen LogP contribution in [0.1, 0.15) is 15.9 Å². The van der Waals surface area contributed by atoms with Gasteiger partial charge >= 0.3 is 0 Å². The van der Waals surface area contributed by atoms with E-state index in [1.54, 1.807) is 61.5 Å². The molecule has 0 aromatic heterocycles. The Kier molecular flexibility index (Phi) is 6.26. The fourth-order valence-electron chi connectivity index (χ4n) is 3.29. The van der Waals surface area contributed by atoms with Crippen LogP contribution < -0.4 is 4.72 Å². The van der Waals surface area contributed by atoms with E-state index in [9.17, 15) is 18.3 Å². The summed E-state index contributed by atoms with van der Waals surface area (Å²) in [6.07, 6.45) is 0. The summed E-state index contributed by atoms with van der Waals surface area (Å²) in [5.74, 6) is -0.781. The van der Waals surface area contributed by atoms with Gasteiger partial charge in [-0.25, -0.2) is 8.42 Å². The fourth-order valence-corrected chi connectivity index (χ4v) is 4.62. The third-order valence-corrected chi connectivity index (χ3v) is 6.90. The van der Waals surface area contributed by atoms with Gasteiger partial charge in [-0.3, -0.25) is 9.52 Å². The molecule has 0 heterocycles. The molecule has 0 radical (unpaired) electrons. The van der Waals surface area contributed by atoms with Crippen molar-refractivity contribution >= 4 is 54.0 Å². The normalized spacial score (nSPS) is 11.7. The molecule has 0 aliphatic rings. The lowest BCUT2D eigenvalue weighted by Crippen LogP contribution is -2.13. The first-order chi connectivity index (χ1) is 15.8. The van der Waals surface area contributed by atoms with Crippen LogP contribution in [0.25, 0.3) is 10.8 Å². The second-order valence-electron chi connectivity index (χ2n) is 7.22. The highest BCUT2D eigenvalue weighted by atomic mass is 79.9. The average molecular weight is 524 g/mol. The smallest absolute Gasteiger partial charge is 0.295 e. The largest absolute Gasteiger partial charge is 0.505 e. The second-order valence-corrected chi connectivity index (χ2v) is 9.82. The Labute approximate surface area is 199 Å². The van der Waals surface area contributed by atoms with Crippen LogP contribution in [0.4, 0.5) is 11.4 Å². The number of nitrogens with one attached hydrogen (secondary N) is 1. The number of aromatic hydroxyl groups is 1. The maximum Gasteiger partial charge on any atom is 0.295 e. The van der Waals surface area contributed by atoms with Crippen LogP contribution in [-0.4, -0.2) is 19.4 Å². The molecule has 2 N–H and O–H groups in total. The highest BCUT2D eigenvalue weighted by Crippen LogP contribution is 2.40. The number of carbonyl (C=O) groups excluding carboxylic acids is 1. The number of fused-ring (bicyclic) bond motifs is 1. The number of amides is 1. The fraction of sp³-hybridized carbons (Fsp3) is 0.0417. The van der Waals surface area contributed by atoms with Gasteiger partial charge in [0.1, 0.15) is 5.69 Å². The number of halogens is 1. The Morgan fingerprint density at radius 3 is 2.27 bits per heavy atom. The van der Waals surface area contributed by atoms with Crippen LogP contribution in [-0.2, 0) is 10.0 Å². The number of rotatable bonds is 5. The van der Waals surface area contributed by atoms with Crippen LogP contribution in [0, 0.1) is 6.92 Å². The second kappa shape index (κ2) is 9.13. The topological polar surface area (TPSA) is 108 Å². The molecule has 4 rings (SSSR count). The first kappa shape index (κ1) is 22.6. The summed E-state index contributed by atoms with van der Waals surface area (Å²) >= 11 is 3.29. The van der Waals surface area contributed by atoms with Crippen LogP contribution in [0.15, 0.2) is 98.5 Å². The molecule has 0 atom stereocenters. The summed E-state index contributed by atoms with van der Waals surface area (Å²) in [5.41, 5.74) is 1.29. The van der Waals surface area contributed by atoms with Crippen LogP contribution >= 0.6 is 15.9 Å². The summed E-state index contributed by atoms with van der Waals surface area (Å²) < 4.78 is 29.2. The Balaban J connectivity index is 1.76. The lowest BCUT2D eigenvalue weighted by molar-refractivity contribution is 0.0994. The van der Waals surface area contributed by atoms with Crippen molar-refractivity contribution in [2.75, 3.05) is 4.72 Å². The zero-order chi connectivity index (χ0) is 23.6. The number of anilines is 1. The molecule has 4 aromatic rings. The summed E-state index contributed by atoms with van der Waals surface area (Å²) in [6.45, 7) is 1.78. The number of aryl methyl sites for hydroxylation is 1. The van der Waals surface area contributed by atoms with Gasteiger partial charge in [-0.05, 0) is 48.9 Å². The van der Waals surface area contributed by atoms with Crippen molar-refractivity contribution in [1.82, 2.24) is 0 Å². The quantitative estimate of drug-likeness (QED) is 0.235. The van der Waals surface area contributed by atoms with E-state index in [0.717, 1.165) is 10.0 Å². The Morgan fingerprint density at radius 2 is 1.58 bits per heavy atom. The van der Waals surface area contributed by atoms with Gasteiger partial charge in [0.05, 0.1) is 10.6 Å². The molecule has 1 amide bonds. The average Bonchev–Trinajstić information content (AvgIpc) is 2.80. The molecule has 0 spiro atoms. The van der Waals surface area contributed by atoms with Gasteiger partial charge in [0.15, 0.2) is 5.75 Å². The third-order valence-electron chi connectivity index (χ3n) is 4.99. The van der Waals surface area contributed by atoms with Crippen LogP contribution in [0.5, 0.6) is 5.75 Å². The molecule has 0 saturated heterocycles. The lowest BCUT2D eigenvalue weighted by Gasteiger charge is -2.13. The minimum Gasteiger partial charge on any atom is -0.505 e. The Morgan fingerprint density at radius 1 is 0.939 bits per heavy atom. The van der Waals surface area contributed by atoms with Gasteiger partial charge in [0.2, 0.25) is 0 Å². The van der Waals surface area contributed by atoms with Crippen molar-refractivity contribution in [2.24, 2.45) is 10.2 Å². The van der Waals surface area contributed by atoms with Gasteiger partial charge in [-0.1, -0.05) is 58.4 Å². The summed E-state index contributed by atoms with van der Waals surface area (Å²) in [5, 5.41) is 19.2. The molecule has 0 aliphatic heterocycles. The molecular formula is C24H18BrN3O4S. The zero-order valence-corrected chi connectivity index (χ0v) is 19.8. The van der Waals surface area contributed by atoms with E-state index >= 15 is 0 Å². The number of azo groups is 1. The van der Waals surface area contributed by atoms with E-state index in [1.807, 2.05) is 6.07 Å². The van der Waals surface area contributed by atoms with E-state index in [-0.39, 0.29) is 22.0 Å². The number of phenolic OH excluding ortho intramolecular Hbond substituents is 1. The standard InChI is InChI=1S/C24H18BrN3O4S/c1-15-6-2-3-7-18(15)24(30)27-26-22-14-21(19-8-4-5-9-20(19)23(22)29)28-33(31,32)17-12-10-16(25)11-13-17/h2-14,28-29H,1H3. The Hall–Kier alpha value is -3.56. The lowest BCUT2D eigenvalue weighted by atomic mass is 10.1. The van der Waals surface area contributed by atoms with E-state index < -0.39 is 15.9 Å². The van der Waals surface area contributed by atoms with Crippen molar-refractivity contribution < 1.29 is 18.3 Å². The van der Waals surface area contributed by atoms with Gasteiger partial charge in [0.25, 0.3) is 15.9 Å². The molecule has 7 nitrogen and oxygen atoms in total. The summed E-state index contributed by atoms with van der Waals surface area (Å²) in [7, 11) is -3.92. The van der Waals surface area contributed by atoms with Crippen molar-refractivity contribution in [2.45, 2.75) is 11.8 Å². The molecule has 9 heteroatoms. The molecule has 33 heavy (non-hydrogen) atoms. The number of benzene rings is 4. The summed E-state index contributed by atoms with van der Waals surface area (Å²) in [4.78, 5) is 12.6. The van der Waals surface area contributed by atoms with Crippen molar-refractivity contribution in [3.63, 3.8) is 0 Å². The monoisotopic (exact) mass is 523 g/mol. The van der Waals surface area contributed by atoms with Gasteiger partial charge in [-0.2, -0.15) is 0 Å². The van der Waals surface area contributed by atoms with Gasteiger partial charge in [0, 0.05) is 20.8 Å².